The van der Waals surface area contributed by atoms with Gasteiger partial charge in [0.1, 0.15) is 13.2 Å². The maximum atomic E-state index is 13.3. The SMILES string of the molecule is O=C(CO)N(CCCCOP(=O)(OCc1ccccc1)OCc1ccccc1)OCc1ccccc1. The normalized spacial score (nSPS) is 11.4. The van der Waals surface area contributed by atoms with Gasteiger partial charge in [0.05, 0.1) is 19.8 Å². The molecule has 3 rings (SSSR count). The van der Waals surface area contributed by atoms with E-state index in [2.05, 4.69) is 0 Å². The van der Waals surface area contributed by atoms with Crippen LogP contribution in [0.1, 0.15) is 29.5 Å². The molecule has 3 aromatic carbocycles. The first-order chi connectivity index (χ1) is 17.6. The number of hydrogen-bond acceptors (Lipinski definition) is 7. The van der Waals surface area contributed by atoms with Gasteiger partial charge in [0.2, 0.25) is 0 Å². The Labute approximate surface area is 212 Å². The molecular weight excluding hydrogens is 481 g/mol. The summed E-state index contributed by atoms with van der Waals surface area (Å²) in [6.07, 6.45) is 0.967. The molecule has 0 heterocycles. The maximum absolute atomic E-state index is 13.3. The Bertz CT molecular complexity index is 1020. The lowest BCUT2D eigenvalue weighted by molar-refractivity contribution is -0.194. The van der Waals surface area contributed by atoms with Crippen molar-refractivity contribution in [3.8, 4) is 0 Å². The summed E-state index contributed by atoms with van der Waals surface area (Å²) >= 11 is 0. The molecule has 0 atom stereocenters. The molecule has 3 aromatic rings. The number of hydroxylamine groups is 2. The summed E-state index contributed by atoms with van der Waals surface area (Å²) in [5.74, 6) is -0.532. The summed E-state index contributed by atoms with van der Waals surface area (Å²) in [5.41, 5.74) is 2.60. The average molecular weight is 514 g/mol. The van der Waals surface area contributed by atoms with E-state index >= 15 is 0 Å². The molecule has 36 heavy (non-hydrogen) atoms. The van der Waals surface area contributed by atoms with E-state index in [1.807, 2.05) is 91.0 Å². The predicted molar refractivity (Wildman–Crippen MR) is 135 cm³/mol. The topological polar surface area (TPSA) is 94.5 Å². The average Bonchev–Trinajstić information content (AvgIpc) is 2.93. The number of carbonyl (C=O) groups is 1. The maximum Gasteiger partial charge on any atom is 0.475 e. The van der Waals surface area contributed by atoms with Crippen LogP contribution in [0.3, 0.4) is 0 Å². The van der Waals surface area contributed by atoms with Gasteiger partial charge >= 0.3 is 7.82 Å². The van der Waals surface area contributed by atoms with Crippen molar-refractivity contribution in [1.29, 1.82) is 0 Å². The lowest BCUT2D eigenvalue weighted by Crippen LogP contribution is -2.34. The second-order valence-electron chi connectivity index (χ2n) is 7.92. The molecule has 0 saturated heterocycles. The number of aliphatic hydroxyl groups is 1. The van der Waals surface area contributed by atoms with Gasteiger partial charge in [-0.05, 0) is 29.5 Å². The van der Waals surface area contributed by atoms with E-state index in [1.54, 1.807) is 0 Å². The van der Waals surface area contributed by atoms with Crippen LogP contribution in [-0.2, 0) is 47.6 Å². The monoisotopic (exact) mass is 513 g/mol. The van der Waals surface area contributed by atoms with Crippen molar-refractivity contribution in [2.45, 2.75) is 32.7 Å². The van der Waals surface area contributed by atoms with Gasteiger partial charge in [-0.2, -0.15) is 0 Å². The number of phosphoric ester groups is 1. The number of amides is 1. The molecule has 0 aliphatic rings. The van der Waals surface area contributed by atoms with E-state index in [1.165, 1.54) is 0 Å². The van der Waals surface area contributed by atoms with E-state index in [0.717, 1.165) is 21.8 Å². The minimum Gasteiger partial charge on any atom is -0.386 e. The summed E-state index contributed by atoms with van der Waals surface area (Å²) in [6, 6.07) is 28.1. The minimum absolute atomic E-state index is 0.0824. The first-order valence-corrected chi connectivity index (χ1v) is 13.2. The molecule has 0 fully saturated rings. The van der Waals surface area contributed by atoms with Crippen LogP contribution in [-0.4, -0.2) is 35.8 Å². The van der Waals surface area contributed by atoms with Gasteiger partial charge in [-0.3, -0.25) is 23.2 Å². The van der Waals surface area contributed by atoms with Crippen LogP contribution < -0.4 is 0 Å². The van der Waals surface area contributed by atoms with Crippen molar-refractivity contribution in [2.75, 3.05) is 19.8 Å². The van der Waals surface area contributed by atoms with Crippen molar-refractivity contribution >= 4 is 13.7 Å². The fourth-order valence-electron chi connectivity index (χ4n) is 3.17. The summed E-state index contributed by atoms with van der Waals surface area (Å²) in [4.78, 5) is 17.6. The minimum atomic E-state index is -3.84. The molecule has 1 amide bonds. The molecule has 192 valence electrons. The van der Waals surface area contributed by atoms with Crippen molar-refractivity contribution in [3.05, 3.63) is 108 Å². The molecule has 0 bridgehead atoms. The number of benzene rings is 3. The first-order valence-electron chi connectivity index (χ1n) is 11.8. The van der Waals surface area contributed by atoms with Crippen molar-refractivity contribution in [3.63, 3.8) is 0 Å². The third kappa shape index (κ3) is 10.0. The van der Waals surface area contributed by atoms with Gasteiger partial charge in [-0.1, -0.05) is 91.0 Å². The second-order valence-corrected chi connectivity index (χ2v) is 9.59. The highest BCUT2D eigenvalue weighted by molar-refractivity contribution is 7.48. The summed E-state index contributed by atoms with van der Waals surface area (Å²) in [5, 5.41) is 10.4. The van der Waals surface area contributed by atoms with Crippen LogP contribution in [0.25, 0.3) is 0 Å². The summed E-state index contributed by atoms with van der Waals surface area (Å²) in [7, 11) is -3.84. The van der Waals surface area contributed by atoms with Gasteiger partial charge in [-0.15, -0.1) is 0 Å². The number of rotatable bonds is 16. The van der Waals surface area contributed by atoms with Crippen LogP contribution in [0.2, 0.25) is 0 Å². The highest BCUT2D eigenvalue weighted by Gasteiger charge is 2.27. The van der Waals surface area contributed by atoms with Gasteiger partial charge in [-0.25, -0.2) is 9.63 Å². The number of nitrogens with zero attached hydrogens (tertiary/aromatic N) is 1. The lowest BCUT2D eigenvalue weighted by atomic mass is 10.2. The predicted octanol–water partition coefficient (Wildman–Crippen LogP) is 5.28. The Kier molecular flexibility index (Phi) is 11.8. The van der Waals surface area contributed by atoms with Crippen molar-refractivity contribution in [2.24, 2.45) is 0 Å². The van der Waals surface area contributed by atoms with Crippen LogP contribution in [0.5, 0.6) is 0 Å². The molecule has 8 nitrogen and oxygen atoms in total. The Morgan fingerprint density at radius 2 is 1.17 bits per heavy atom. The van der Waals surface area contributed by atoms with E-state index in [4.69, 9.17) is 18.4 Å². The molecule has 0 aromatic heterocycles. The highest BCUT2D eigenvalue weighted by Crippen LogP contribution is 2.51. The molecule has 1 N–H and O–H groups in total. The molecule has 0 unspecified atom stereocenters. The van der Waals surface area contributed by atoms with Crippen LogP contribution in [0.4, 0.5) is 0 Å². The van der Waals surface area contributed by atoms with Gasteiger partial charge in [0, 0.05) is 6.54 Å². The van der Waals surface area contributed by atoms with Crippen LogP contribution in [0.15, 0.2) is 91.0 Å². The fraction of sp³-hybridized carbons (Fsp3) is 0.296. The zero-order valence-electron chi connectivity index (χ0n) is 20.1. The van der Waals surface area contributed by atoms with E-state index in [-0.39, 0.29) is 33.0 Å². The quantitative estimate of drug-likeness (QED) is 0.158. The Morgan fingerprint density at radius 3 is 1.64 bits per heavy atom. The van der Waals surface area contributed by atoms with Gasteiger partial charge in [0.15, 0.2) is 0 Å². The summed E-state index contributed by atoms with van der Waals surface area (Å²) in [6.45, 7) is 0.0639. The largest absolute Gasteiger partial charge is 0.475 e. The van der Waals surface area contributed by atoms with E-state index in [9.17, 15) is 14.5 Å². The number of phosphoric acid groups is 1. The van der Waals surface area contributed by atoms with Gasteiger partial charge < -0.3 is 5.11 Å². The zero-order valence-corrected chi connectivity index (χ0v) is 21.0. The molecule has 0 saturated carbocycles. The number of aliphatic hydroxyl groups excluding tert-OH is 1. The first kappa shape index (κ1) is 27.7. The third-order valence-electron chi connectivity index (χ3n) is 5.11. The van der Waals surface area contributed by atoms with E-state index < -0.39 is 20.3 Å². The molecule has 0 aliphatic carbocycles. The molecule has 0 aliphatic heterocycles. The zero-order chi connectivity index (χ0) is 25.5. The Morgan fingerprint density at radius 1 is 0.694 bits per heavy atom. The smallest absolute Gasteiger partial charge is 0.386 e. The molecule has 0 spiro atoms. The van der Waals surface area contributed by atoms with Gasteiger partial charge in [0.25, 0.3) is 5.91 Å². The second kappa shape index (κ2) is 15.3. The lowest BCUT2D eigenvalue weighted by Gasteiger charge is -2.21. The molecular formula is C27H32NO7P. The van der Waals surface area contributed by atoms with Crippen molar-refractivity contribution in [1.82, 2.24) is 5.06 Å². The molecule has 9 heteroatoms. The fourth-order valence-corrected chi connectivity index (χ4v) is 4.36. The standard InChI is InChI=1S/C27H32NO7P/c29-20-27(30)28(32-21-24-12-4-1-5-13-24)18-10-11-19-33-36(31,34-22-25-14-6-2-7-15-25)35-23-26-16-8-3-9-17-26/h1-9,12-17,29H,10-11,18-23H2. The van der Waals surface area contributed by atoms with E-state index in [0.29, 0.717) is 12.8 Å². The highest BCUT2D eigenvalue weighted by atomic mass is 31.2. The van der Waals surface area contributed by atoms with Crippen LogP contribution >= 0.6 is 7.82 Å². The van der Waals surface area contributed by atoms with Crippen molar-refractivity contribution < 1.29 is 32.9 Å². The Hall–Kier alpha value is -2.84. The Balaban J connectivity index is 1.48. The van der Waals surface area contributed by atoms with Crippen LogP contribution in [0, 0.1) is 0 Å². The molecule has 0 radical (unpaired) electrons. The third-order valence-corrected chi connectivity index (χ3v) is 6.50. The number of unbranched alkanes of at least 4 members (excludes halogenated alkanes) is 1. The summed E-state index contributed by atoms with van der Waals surface area (Å²) < 4.78 is 30.1. The number of carbonyl (C=O) groups excluding carboxylic acids is 1. The number of hydrogen-bond donors (Lipinski definition) is 1.